The molecule has 20 heavy (non-hydrogen) atoms. The molecule has 0 saturated carbocycles. The highest BCUT2D eigenvalue weighted by atomic mass is 16.5. The Morgan fingerprint density at radius 3 is 2.50 bits per heavy atom. The fourth-order valence-corrected chi connectivity index (χ4v) is 1.63. The first kappa shape index (κ1) is 14.0. The number of pyridine rings is 1. The Labute approximate surface area is 117 Å². The van der Waals surface area contributed by atoms with E-state index in [0.717, 1.165) is 17.0 Å². The third-order valence-electron chi connectivity index (χ3n) is 2.79. The fourth-order valence-electron chi connectivity index (χ4n) is 1.63. The number of methoxy groups -OCH3 is 1. The summed E-state index contributed by atoms with van der Waals surface area (Å²) in [5.74, 6) is 0.350. The lowest BCUT2D eigenvalue weighted by Crippen LogP contribution is -2.04. The van der Waals surface area contributed by atoms with Crippen molar-refractivity contribution in [2.24, 2.45) is 5.73 Å². The van der Waals surface area contributed by atoms with Gasteiger partial charge < -0.3 is 15.2 Å². The molecule has 1 aromatic heterocycles. The first-order chi connectivity index (χ1) is 9.72. The van der Waals surface area contributed by atoms with Crippen LogP contribution in [-0.4, -0.2) is 18.1 Å². The summed E-state index contributed by atoms with van der Waals surface area (Å²) < 4.78 is 10.2. The first-order valence-corrected chi connectivity index (χ1v) is 6.18. The van der Waals surface area contributed by atoms with Crippen LogP contribution in [0.5, 0.6) is 5.75 Å². The quantitative estimate of drug-likeness (QED) is 0.841. The molecule has 0 bridgehead atoms. The number of hydrogen-bond donors (Lipinski definition) is 1. The number of esters is 1. The Morgan fingerprint density at radius 1 is 1.20 bits per heavy atom. The second-order valence-corrected chi connectivity index (χ2v) is 4.17. The van der Waals surface area contributed by atoms with Crippen molar-refractivity contribution in [1.29, 1.82) is 0 Å². The minimum Gasteiger partial charge on any atom is -0.487 e. The van der Waals surface area contributed by atoms with E-state index in [1.165, 1.54) is 13.3 Å². The number of hydrogen-bond acceptors (Lipinski definition) is 5. The molecule has 2 aromatic rings. The molecule has 0 aliphatic rings. The average Bonchev–Trinajstić information content (AvgIpc) is 2.53. The molecule has 1 aromatic carbocycles. The van der Waals surface area contributed by atoms with E-state index in [4.69, 9.17) is 10.5 Å². The summed E-state index contributed by atoms with van der Waals surface area (Å²) in [6, 6.07) is 11.0. The van der Waals surface area contributed by atoms with Crippen molar-refractivity contribution in [3.8, 4) is 5.75 Å². The molecule has 0 atom stereocenters. The fraction of sp³-hybridized carbons (Fsp3) is 0.200. The zero-order valence-electron chi connectivity index (χ0n) is 11.2. The van der Waals surface area contributed by atoms with Gasteiger partial charge in [-0.1, -0.05) is 12.1 Å². The smallest absolute Gasteiger partial charge is 0.339 e. The van der Waals surface area contributed by atoms with Gasteiger partial charge in [0.05, 0.1) is 18.4 Å². The summed E-state index contributed by atoms with van der Waals surface area (Å²) in [5.41, 5.74) is 7.74. The average molecular weight is 272 g/mol. The first-order valence-electron chi connectivity index (χ1n) is 6.18. The molecule has 0 spiro atoms. The minimum atomic E-state index is -0.401. The summed E-state index contributed by atoms with van der Waals surface area (Å²) in [6.07, 6.45) is 1.47. The lowest BCUT2D eigenvalue weighted by atomic mass is 10.2. The predicted octanol–water partition coefficient (Wildman–Crippen LogP) is 1.91. The molecule has 1 heterocycles. The number of aromatic nitrogens is 1. The van der Waals surface area contributed by atoms with Crippen LogP contribution in [0, 0.1) is 0 Å². The maximum Gasteiger partial charge on any atom is 0.339 e. The number of rotatable bonds is 5. The van der Waals surface area contributed by atoms with Gasteiger partial charge in [0.15, 0.2) is 0 Å². The van der Waals surface area contributed by atoms with Crippen LogP contribution in [0.4, 0.5) is 0 Å². The number of benzene rings is 1. The molecule has 0 aliphatic carbocycles. The lowest BCUT2D eigenvalue weighted by molar-refractivity contribution is 0.0600. The van der Waals surface area contributed by atoms with E-state index in [0.29, 0.717) is 18.7 Å². The monoisotopic (exact) mass is 272 g/mol. The van der Waals surface area contributed by atoms with Crippen molar-refractivity contribution in [3.05, 3.63) is 59.4 Å². The summed E-state index contributed by atoms with van der Waals surface area (Å²) in [5, 5.41) is 0. The Morgan fingerprint density at radius 2 is 1.95 bits per heavy atom. The van der Waals surface area contributed by atoms with Crippen molar-refractivity contribution in [2.45, 2.75) is 13.2 Å². The van der Waals surface area contributed by atoms with Crippen molar-refractivity contribution < 1.29 is 14.3 Å². The highest BCUT2D eigenvalue weighted by Crippen LogP contribution is 2.13. The highest BCUT2D eigenvalue weighted by Gasteiger charge is 2.05. The van der Waals surface area contributed by atoms with Crippen molar-refractivity contribution >= 4 is 5.97 Å². The molecule has 0 amide bonds. The van der Waals surface area contributed by atoms with Gasteiger partial charge in [0.2, 0.25) is 0 Å². The van der Waals surface area contributed by atoms with E-state index in [2.05, 4.69) is 9.72 Å². The van der Waals surface area contributed by atoms with Crippen LogP contribution in [0.15, 0.2) is 42.6 Å². The molecule has 0 unspecified atom stereocenters. The molecular formula is C15H16N2O3. The van der Waals surface area contributed by atoms with Gasteiger partial charge in [0.1, 0.15) is 12.4 Å². The van der Waals surface area contributed by atoms with E-state index in [-0.39, 0.29) is 0 Å². The standard InChI is InChI=1S/C15H16N2O3/c1-19-15(18)12-4-5-13(17-9-12)10-20-14-6-2-11(8-16)3-7-14/h2-7,9H,8,10,16H2,1H3. The van der Waals surface area contributed by atoms with Gasteiger partial charge >= 0.3 is 5.97 Å². The van der Waals surface area contributed by atoms with Gasteiger partial charge in [0, 0.05) is 12.7 Å². The van der Waals surface area contributed by atoms with E-state index < -0.39 is 5.97 Å². The number of ether oxygens (including phenoxy) is 2. The van der Waals surface area contributed by atoms with Crippen LogP contribution < -0.4 is 10.5 Å². The van der Waals surface area contributed by atoms with Gasteiger partial charge in [-0.15, -0.1) is 0 Å². The summed E-state index contributed by atoms with van der Waals surface area (Å²) in [6.45, 7) is 0.847. The number of carbonyl (C=O) groups excluding carboxylic acids is 1. The third-order valence-corrected chi connectivity index (χ3v) is 2.79. The van der Waals surface area contributed by atoms with Gasteiger partial charge in [-0.25, -0.2) is 4.79 Å². The summed E-state index contributed by atoms with van der Waals surface area (Å²) >= 11 is 0. The molecule has 2 rings (SSSR count). The van der Waals surface area contributed by atoms with E-state index in [9.17, 15) is 4.79 Å². The van der Waals surface area contributed by atoms with E-state index in [1.807, 2.05) is 24.3 Å². The van der Waals surface area contributed by atoms with Crippen LogP contribution in [0.3, 0.4) is 0 Å². The molecule has 5 heteroatoms. The van der Waals surface area contributed by atoms with Crippen LogP contribution in [0.1, 0.15) is 21.6 Å². The topological polar surface area (TPSA) is 74.4 Å². The minimum absolute atomic E-state index is 0.337. The molecule has 104 valence electrons. The normalized spacial score (nSPS) is 10.1. The largest absolute Gasteiger partial charge is 0.487 e. The second-order valence-electron chi connectivity index (χ2n) is 4.17. The molecule has 0 aliphatic heterocycles. The molecule has 5 nitrogen and oxygen atoms in total. The maximum absolute atomic E-state index is 11.3. The zero-order chi connectivity index (χ0) is 14.4. The zero-order valence-corrected chi connectivity index (χ0v) is 11.2. The SMILES string of the molecule is COC(=O)c1ccc(COc2ccc(CN)cc2)nc1. The van der Waals surface area contributed by atoms with Gasteiger partial charge in [0.25, 0.3) is 0 Å². The van der Waals surface area contributed by atoms with E-state index in [1.54, 1.807) is 12.1 Å². The Kier molecular flexibility index (Phi) is 4.68. The third kappa shape index (κ3) is 3.55. The number of carbonyl (C=O) groups is 1. The molecule has 0 saturated heterocycles. The highest BCUT2D eigenvalue weighted by molar-refractivity contribution is 5.88. The summed E-state index contributed by atoms with van der Waals surface area (Å²) in [7, 11) is 1.34. The second kappa shape index (κ2) is 6.68. The molecule has 0 radical (unpaired) electrons. The lowest BCUT2D eigenvalue weighted by Gasteiger charge is -2.07. The van der Waals surface area contributed by atoms with Crippen molar-refractivity contribution in [2.75, 3.05) is 7.11 Å². The molecular weight excluding hydrogens is 256 g/mol. The summed E-state index contributed by atoms with van der Waals surface area (Å²) in [4.78, 5) is 15.4. The van der Waals surface area contributed by atoms with Gasteiger partial charge in [-0.05, 0) is 29.8 Å². The number of nitrogens with zero attached hydrogens (tertiary/aromatic N) is 1. The van der Waals surface area contributed by atoms with Crippen LogP contribution in [0.25, 0.3) is 0 Å². The molecule has 0 fully saturated rings. The maximum atomic E-state index is 11.3. The Balaban J connectivity index is 1.94. The Hall–Kier alpha value is -2.40. The van der Waals surface area contributed by atoms with Crippen LogP contribution in [0.2, 0.25) is 0 Å². The van der Waals surface area contributed by atoms with Crippen LogP contribution >= 0.6 is 0 Å². The van der Waals surface area contributed by atoms with Gasteiger partial charge in [-0.2, -0.15) is 0 Å². The number of nitrogens with two attached hydrogens (primary N) is 1. The molecule has 2 N–H and O–H groups in total. The predicted molar refractivity (Wildman–Crippen MR) is 74.2 cm³/mol. The van der Waals surface area contributed by atoms with Crippen molar-refractivity contribution in [3.63, 3.8) is 0 Å². The van der Waals surface area contributed by atoms with E-state index >= 15 is 0 Å². The van der Waals surface area contributed by atoms with Gasteiger partial charge in [-0.3, -0.25) is 4.98 Å². The van der Waals surface area contributed by atoms with Crippen LogP contribution in [-0.2, 0) is 17.9 Å². The van der Waals surface area contributed by atoms with Crippen molar-refractivity contribution in [1.82, 2.24) is 4.98 Å². The Bertz CT molecular complexity index is 565.